The maximum Gasteiger partial charge on any atom is 0.261 e. The molecule has 0 spiro atoms. The average Bonchev–Trinajstić information content (AvgIpc) is 2.53. The van der Waals surface area contributed by atoms with Crippen molar-refractivity contribution in [2.24, 2.45) is 5.73 Å². The predicted molar refractivity (Wildman–Crippen MR) is 91.3 cm³/mol. The summed E-state index contributed by atoms with van der Waals surface area (Å²) in [6, 6.07) is 17.9. The van der Waals surface area contributed by atoms with E-state index in [1.807, 2.05) is 42.5 Å². The molecule has 2 N–H and O–H groups in total. The Kier molecular flexibility index (Phi) is 3.79. The number of hydrogen-bond donors (Lipinski definition) is 1. The first-order valence-electron chi connectivity index (χ1n) is 7.04. The Bertz CT molecular complexity index is 1020. The molecule has 3 rings (SSSR count). The molecule has 5 nitrogen and oxygen atoms in total. The van der Waals surface area contributed by atoms with Gasteiger partial charge in [-0.25, -0.2) is 8.42 Å². The van der Waals surface area contributed by atoms with E-state index in [-0.39, 0.29) is 5.56 Å². The van der Waals surface area contributed by atoms with E-state index in [1.54, 1.807) is 18.2 Å². The summed E-state index contributed by atoms with van der Waals surface area (Å²) in [5, 5.41) is -0.598. The van der Waals surface area contributed by atoms with Crippen LogP contribution < -0.4 is 11.3 Å². The molecule has 1 atom stereocenters. The molecule has 6 heteroatoms. The van der Waals surface area contributed by atoms with E-state index in [0.717, 1.165) is 11.6 Å². The number of rotatable bonds is 3. The minimum absolute atomic E-state index is 0.0649. The number of pyridine rings is 1. The van der Waals surface area contributed by atoms with Crippen molar-refractivity contribution < 1.29 is 8.42 Å². The summed E-state index contributed by atoms with van der Waals surface area (Å²) in [5.74, 6) is 0. The summed E-state index contributed by atoms with van der Waals surface area (Å²) in [4.78, 5) is 12.9. The smallest absolute Gasteiger partial charge is 0.261 e. The standard InChI is InChI=1S/C17H16N2O3S/c1-23(21,22)16(18)14-11-12-7-5-6-10-15(12)19(17(14)20)13-8-3-2-4-9-13/h2-11,16H,18H2,1H3. The van der Waals surface area contributed by atoms with Crippen LogP contribution in [0.3, 0.4) is 0 Å². The van der Waals surface area contributed by atoms with E-state index in [0.29, 0.717) is 11.2 Å². The molecule has 2 aromatic carbocycles. The largest absolute Gasteiger partial charge is 0.311 e. The van der Waals surface area contributed by atoms with Crippen LogP contribution in [0.15, 0.2) is 65.5 Å². The zero-order valence-corrected chi connectivity index (χ0v) is 13.3. The van der Waals surface area contributed by atoms with Gasteiger partial charge in [-0.15, -0.1) is 0 Å². The summed E-state index contributed by atoms with van der Waals surface area (Å²) in [6.07, 6.45) is 1.03. The highest BCUT2D eigenvalue weighted by Gasteiger charge is 2.23. The van der Waals surface area contributed by atoms with Crippen molar-refractivity contribution in [2.45, 2.75) is 5.37 Å². The van der Waals surface area contributed by atoms with Gasteiger partial charge in [0.05, 0.1) is 11.1 Å². The van der Waals surface area contributed by atoms with Gasteiger partial charge in [-0.3, -0.25) is 9.36 Å². The van der Waals surface area contributed by atoms with Gasteiger partial charge in [0.1, 0.15) is 5.37 Å². The molecule has 0 fully saturated rings. The fourth-order valence-corrected chi connectivity index (χ4v) is 3.18. The molecule has 1 aromatic heterocycles. The SMILES string of the molecule is CS(=O)(=O)C(N)c1cc2ccccc2n(-c2ccccc2)c1=O. The molecule has 3 aromatic rings. The average molecular weight is 328 g/mol. The van der Waals surface area contributed by atoms with Gasteiger partial charge in [0.15, 0.2) is 9.84 Å². The van der Waals surface area contributed by atoms with E-state index in [9.17, 15) is 13.2 Å². The molecule has 118 valence electrons. The van der Waals surface area contributed by atoms with Gasteiger partial charge in [-0.05, 0) is 29.7 Å². The monoisotopic (exact) mass is 328 g/mol. The lowest BCUT2D eigenvalue weighted by molar-refractivity contribution is 0.589. The van der Waals surface area contributed by atoms with Crippen LogP contribution in [0.25, 0.3) is 16.6 Å². The number of para-hydroxylation sites is 2. The number of fused-ring (bicyclic) bond motifs is 1. The molecule has 0 saturated carbocycles. The van der Waals surface area contributed by atoms with E-state index in [1.165, 1.54) is 4.57 Å². The second-order valence-electron chi connectivity index (χ2n) is 5.38. The van der Waals surface area contributed by atoms with Gasteiger partial charge in [0.25, 0.3) is 5.56 Å². The normalized spacial score (nSPS) is 13.1. The summed E-state index contributed by atoms with van der Waals surface area (Å²) in [7, 11) is -3.58. The Balaban J connectivity index is 2.43. The number of sulfone groups is 1. The number of hydrogen-bond acceptors (Lipinski definition) is 4. The van der Waals surface area contributed by atoms with Crippen LogP contribution in [0.2, 0.25) is 0 Å². The predicted octanol–water partition coefficient (Wildman–Crippen LogP) is 1.99. The molecule has 1 unspecified atom stereocenters. The Morgan fingerprint density at radius 2 is 1.61 bits per heavy atom. The Morgan fingerprint density at radius 1 is 1.00 bits per heavy atom. The molecule has 0 radical (unpaired) electrons. The Labute approximate surface area is 133 Å². The van der Waals surface area contributed by atoms with Crippen molar-refractivity contribution in [1.29, 1.82) is 0 Å². The number of benzene rings is 2. The van der Waals surface area contributed by atoms with Crippen molar-refractivity contribution in [3.63, 3.8) is 0 Å². The Morgan fingerprint density at radius 3 is 2.26 bits per heavy atom. The molecule has 0 amide bonds. The highest BCUT2D eigenvalue weighted by molar-refractivity contribution is 7.90. The third-order valence-electron chi connectivity index (χ3n) is 3.72. The lowest BCUT2D eigenvalue weighted by atomic mass is 10.1. The van der Waals surface area contributed by atoms with Crippen molar-refractivity contribution in [3.8, 4) is 5.69 Å². The van der Waals surface area contributed by atoms with Gasteiger partial charge in [-0.1, -0.05) is 36.4 Å². The van der Waals surface area contributed by atoms with Crippen LogP contribution in [0.1, 0.15) is 10.9 Å². The van der Waals surface area contributed by atoms with Crippen LogP contribution in [0, 0.1) is 0 Å². The molecule has 0 saturated heterocycles. The van der Waals surface area contributed by atoms with Crippen molar-refractivity contribution in [3.05, 3.63) is 76.6 Å². The summed E-state index contributed by atoms with van der Waals surface area (Å²) in [6.45, 7) is 0. The summed E-state index contributed by atoms with van der Waals surface area (Å²) < 4.78 is 25.1. The number of nitrogens with two attached hydrogens (primary N) is 1. The van der Waals surface area contributed by atoms with E-state index < -0.39 is 20.8 Å². The quantitative estimate of drug-likeness (QED) is 0.797. The van der Waals surface area contributed by atoms with Crippen molar-refractivity contribution in [2.75, 3.05) is 6.26 Å². The lowest BCUT2D eigenvalue weighted by Gasteiger charge is -2.16. The van der Waals surface area contributed by atoms with Crippen LogP contribution in [0.5, 0.6) is 0 Å². The molecule has 0 bridgehead atoms. The molecular weight excluding hydrogens is 312 g/mol. The molecule has 0 aliphatic heterocycles. The minimum Gasteiger partial charge on any atom is -0.311 e. The molecule has 0 aliphatic carbocycles. The van der Waals surface area contributed by atoms with Crippen LogP contribution in [-0.4, -0.2) is 19.2 Å². The van der Waals surface area contributed by atoms with Crippen molar-refractivity contribution in [1.82, 2.24) is 4.57 Å². The first-order valence-corrected chi connectivity index (χ1v) is 8.99. The lowest BCUT2D eigenvalue weighted by Crippen LogP contribution is -2.31. The summed E-state index contributed by atoms with van der Waals surface area (Å²) >= 11 is 0. The Hall–Kier alpha value is -2.44. The maximum absolute atomic E-state index is 12.9. The fourth-order valence-electron chi connectivity index (χ4n) is 2.55. The highest BCUT2D eigenvalue weighted by atomic mass is 32.2. The molecule has 23 heavy (non-hydrogen) atoms. The van der Waals surface area contributed by atoms with Gasteiger partial charge < -0.3 is 5.73 Å². The molecule has 1 heterocycles. The molecule has 0 aliphatic rings. The maximum atomic E-state index is 12.9. The second-order valence-corrected chi connectivity index (χ2v) is 7.55. The molecular formula is C17H16N2O3S. The third-order valence-corrected chi connectivity index (χ3v) is 4.90. The van der Waals surface area contributed by atoms with E-state index in [2.05, 4.69) is 0 Å². The van der Waals surface area contributed by atoms with Gasteiger partial charge in [0.2, 0.25) is 0 Å². The summed E-state index contributed by atoms with van der Waals surface area (Å²) in [5.41, 5.74) is 6.82. The van der Waals surface area contributed by atoms with Gasteiger partial charge in [0, 0.05) is 11.9 Å². The number of aromatic nitrogens is 1. The zero-order valence-electron chi connectivity index (χ0n) is 12.5. The first-order chi connectivity index (χ1) is 10.9. The topological polar surface area (TPSA) is 82.2 Å². The highest BCUT2D eigenvalue weighted by Crippen LogP contribution is 2.21. The van der Waals surface area contributed by atoms with E-state index in [4.69, 9.17) is 5.73 Å². The number of nitrogens with zero attached hydrogens (tertiary/aromatic N) is 1. The minimum atomic E-state index is -3.58. The van der Waals surface area contributed by atoms with Crippen LogP contribution in [0.4, 0.5) is 0 Å². The van der Waals surface area contributed by atoms with Crippen LogP contribution in [-0.2, 0) is 9.84 Å². The van der Waals surface area contributed by atoms with Crippen molar-refractivity contribution >= 4 is 20.7 Å². The first kappa shape index (κ1) is 15.5. The zero-order chi connectivity index (χ0) is 16.6. The van der Waals surface area contributed by atoms with Gasteiger partial charge >= 0.3 is 0 Å². The fraction of sp³-hybridized carbons (Fsp3) is 0.118. The van der Waals surface area contributed by atoms with Gasteiger partial charge in [-0.2, -0.15) is 0 Å². The third kappa shape index (κ3) is 2.78. The van der Waals surface area contributed by atoms with E-state index >= 15 is 0 Å². The van der Waals surface area contributed by atoms with Crippen LogP contribution >= 0.6 is 0 Å². The second kappa shape index (κ2) is 5.64.